The quantitative estimate of drug-likeness (QED) is 0.819. The van der Waals surface area contributed by atoms with Gasteiger partial charge in [-0.15, -0.1) is 0 Å². The Morgan fingerprint density at radius 3 is 2.44 bits per heavy atom. The second-order valence-electron chi connectivity index (χ2n) is 5.24. The molecule has 0 amide bonds. The van der Waals surface area contributed by atoms with Crippen LogP contribution in [0.1, 0.15) is 36.0 Å². The van der Waals surface area contributed by atoms with Gasteiger partial charge in [-0.3, -0.25) is 0 Å². The van der Waals surface area contributed by atoms with Gasteiger partial charge in [-0.2, -0.15) is 0 Å². The van der Waals surface area contributed by atoms with Gasteiger partial charge in [0, 0.05) is 6.04 Å². The van der Waals surface area contributed by atoms with Crippen molar-refractivity contribution in [2.75, 3.05) is 7.05 Å². The van der Waals surface area contributed by atoms with Crippen LogP contribution in [0.4, 0.5) is 0 Å². The summed E-state index contributed by atoms with van der Waals surface area (Å²) in [5.41, 5.74) is 4.52. The smallest absolute Gasteiger partial charge is 0.00669 e. The maximum atomic E-state index is 3.41. The lowest BCUT2D eigenvalue weighted by atomic mass is 9.92. The van der Waals surface area contributed by atoms with E-state index in [0.29, 0.717) is 0 Å². The Balaban J connectivity index is 2.04. The molecule has 0 heterocycles. The third-order valence-electron chi connectivity index (χ3n) is 4.09. The fourth-order valence-electron chi connectivity index (χ4n) is 2.98. The van der Waals surface area contributed by atoms with Crippen LogP contribution in [0.25, 0.3) is 0 Å². The number of benzene rings is 1. The fourth-order valence-corrected chi connectivity index (χ4v) is 2.98. The van der Waals surface area contributed by atoms with Crippen molar-refractivity contribution in [2.24, 2.45) is 5.92 Å². The van der Waals surface area contributed by atoms with Gasteiger partial charge in [-0.1, -0.05) is 18.2 Å². The number of aryl methyl sites for hydroxylation is 2. The van der Waals surface area contributed by atoms with Crippen molar-refractivity contribution in [3.8, 4) is 0 Å². The topological polar surface area (TPSA) is 12.0 Å². The van der Waals surface area contributed by atoms with E-state index in [9.17, 15) is 0 Å². The van der Waals surface area contributed by atoms with Gasteiger partial charge in [-0.05, 0) is 69.2 Å². The van der Waals surface area contributed by atoms with Gasteiger partial charge in [0.05, 0.1) is 0 Å². The second kappa shape index (κ2) is 5.01. The van der Waals surface area contributed by atoms with Crippen molar-refractivity contribution in [1.29, 1.82) is 0 Å². The van der Waals surface area contributed by atoms with E-state index in [1.54, 1.807) is 5.56 Å². The van der Waals surface area contributed by atoms with Crippen LogP contribution in [0.3, 0.4) is 0 Å². The molecule has 0 saturated heterocycles. The molecule has 0 radical (unpaired) electrons. The van der Waals surface area contributed by atoms with E-state index in [4.69, 9.17) is 0 Å². The first-order valence-electron chi connectivity index (χ1n) is 6.43. The first-order valence-corrected chi connectivity index (χ1v) is 6.43. The molecule has 1 fully saturated rings. The van der Waals surface area contributed by atoms with Gasteiger partial charge in [0.2, 0.25) is 0 Å². The molecule has 1 heteroatoms. The van der Waals surface area contributed by atoms with Crippen LogP contribution >= 0.6 is 0 Å². The van der Waals surface area contributed by atoms with Gasteiger partial charge >= 0.3 is 0 Å². The third kappa shape index (κ3) is 2.46. The number of hydrogen-bond acceptors (Lipinski definition) is 1. The van der Waals surface area contributed by atoms with E-state index < -0.39 is 0 Å². The molecule has 1 aliphatic carbocycles. The van der Waals surface area contributed by atoms with Crippen molar-refractivity contribution in [2.45, 2.75) is 45.6 Å². The predicted octanol–water partition coefficient (Wildman–Crippen LogP) is 3.23. The molecule has 1 aromatic rings. The minimum atomic E-state index is 0.759. The summed E-state index contributed by atoms with van der Waals surface area (Å²) < 4.78 is 0. The van der Waals surface area contributed by atoms with Crippen molar-refractivity contribution >= 4 is 0 Å². The molecule has 88 valence electrons. The van der Waals surface area contributed by atoms with Gasteiger partial charge in [0.1, 0.15) is 0 Å². The molecular formula is C15H23N. The summed E-state index contributed by atoms with van der Waals surface area (Å²) >= 11 is 0. The molecular weight excluding hydrogens is 194 g/mol. The molecule has 2 atom stereocenters. The molecule has 1 aliphatic rings. The van der Waals surface area contributed by atoms with Crippen LogP contribution in [-0.4, -0.2) is 13.1 Å². The van der Waals surface area contributed by atoms with Gasteiger partial charge in [-0.25, -0.2) is 0 Å². The van der Waals surface area contributed by atoms with Crippen LogP contribution in [-0.2, 0) is 6.42 Å². The summed E-state index contributed by atoms with van der Waals surface area (Å²) in [5, 5.41) is 3.41. The van der Waals surface area contributed by atoms with E-state index in [1.165, 1.54) is 36.8 Å². The minimum Gasteiger partial charge on any atom is -0.317 e. The zero-order valence-electron chi connectivity index (χ0n) is 10.7. The lowest BCUT2D eigenvalue weighted by Crippen LogP contribution is -2.21. The van der Waals surface area contributed by atoms with Crippen LogP contribution < -0.4 is 5.32 Å². The molecule has 1 nitrogen and oxygen atoms in total. The average Bonchev–Trinajstić information content (AvgIpc) is 2.71. The highest BCUT2D eigenvalue weighted by molar-refractivity contribution is 5.33. The molecule has 2 rings (SSSR count). The largest absolute Gasteiger partial charge is 0.317 e. The summed E-state index contributed by atoms with van der Waals surface area (Å²) in [4.78, 5) is 0. The first kappa shape index (κ1) is 11.7. The van der Waals surface area contributed by atoms with Gasteiger partial charge < -0.3 is 5.32 Å². The molecule has 16 heavy (non-hydrogen) atoms. The molecule has 2 unspecified atom stereocenters. The zero-order valence-corrected chi connectivity index (χ0v) is 10.7. The average molecular weight is 217 g/mol. The molecule has 1 aromatic carbocycles. The maximum Gasteiger partial charge on any atom is 0.00669 e. The summed E-state index contributed by atoms with van der Waals surface area (Å²) in [6, 6.07) is 7.41. The number of rotatable bonds is 3. The lowest BCUT2D eigenvalue weighted by Gasteiger charge is -2.15. The van der Waals surface area contributed by atoms with E-state index in [-0.39, 0.29) is 0 Å². The van der Waals surface area contributed by atoms with Crippen LogP contribution in [0.2, 0.25) is 0 Å². The SMILES string of the molecule is CNC1CCC(Cc2c(C)cccc2C)C1. The number of hydrogen-bond donors (Lipinski definition) is 1. The Kier molecular flexibility index (Phi) is 3.65. The Labute approximate surface area is 99.3 Å². The highest BCUT2D eigenvalue weighted by Crippen LogP contribution is 2.30. The van der Waals surface area contributed by atoms with Crippen molar-refractivity contribution < 1.29 is 0 Å². The first-order chi connectivity index (χ1) is 7.70. The van der Waals surface area contributed by atoms with Gasteiger partial charge in [0.15, 0.2) is 0 Å². The fraction of sp³-hybridized carbons (Fsp3) is 0.600. The van der Waals surface area contributed by atoms with E-state index in [2.05, 4.69) is 44.4 Å². The predicted molar refractivity (Wildman–Crippen MR) is 69.8 cm³/mol. The highest BCUT2D eigenvalue weighted by Gasteiger charge is 2.24. The Morgan fingerprint density at radius 1 is 1.19 bits per heavy atom. The molecule has 1 N–H and O–H groups in total. The lowest BCUT2D eigenvalue weighted by molar-refractivity contribution is 0.508. The summed E-state index contributed by atoms with van der Waals surface area (Å²) in [6.45, 7) is 4.49. The monoisotopic (exact) mass is 217 g/mol. The van der Waals surface area contributed by atoms with E-state index in [1.807, 2.05) is 0 Å². The molecule has 0 aromatic heterocycles. The van der Waals surface area contributed by atoms with E-state index in [0.717, 1.165) is 12.0 Å². The molecule has 1 saturated carbocycles. The zero-order chi connectivity index (χ0) is 11.5. The highest BCUT2D eigenvalue weighted by atomic mass is 14.9. The molecule has 0 aliphatic heterocycles. The van der Waals surface area contributed by atoms with Crippen molar-refractivity contribution in [3.05, 3.63) is 34.9 Å². The Morgan fingerprint density at radius 2 is 1.88 bits per heavy atom. The summed E-state index contributed by atoms with van der Waals surface area (Å²) in [7, 11) is 2.09. The van der Waals surface area contributed by atoms with Gasteiger partial charge in [0.25, 0.3) is 0 Å². The Hall–Kier alpha value is -0.820. The maximum absolute atomic E-state index is 3.41. The second-order valence-corrected chi connectivity index (χ2v) is 5.24. The minimum absolute atomic E-state index is 0.759. The normalized spacial score (nSPS) is 24.9. The van der Waals surface area contributed by atoms with Crippen molar-refractivity contribution in [1.82, 2.24) is 5.32 Å². The molecule has 0 bridgehead atoms. The van der Waals surface area contributed by atoms with Crippen molar-refractivity contribution in [3.63, 3.8) is 0 Å². The van der Waals surface area contributed by atoms with E-state index >= 15 is 0 Å². The summed E-state index contributed by atoms with van der Waals surface area (Å²) in [5.74, 6) is 0.886. The third-order valence-corrected chi connectivity index (χ3v) is 4.09. The Bertz CT molecular complexity index is 336. The van der Waals surface area contributed by atoms with Crippen LogP contribution in [0.15, 0.2) is 18.2 Å². The number of nitrogens with one attached hydrogen (secondary N) is 1. The summed E-state index contributed by atoms with van der Waals surface area (Å²) in [6.07, 6.45) is 5.37. The molecule has 0 spiro atoms. The van der Waals surface area contributed by atoms with Crippen LogP contribution in [0, 0.1) is 19.8 Å². The standard InChI is InChI=1S/C15H23N/c1-11-5-4-6-12(2)15(11)10-13-7-8-14(9-13)16-3/h4-6,13-14,16H,7-10H2,1-3H3. The van der Waals surface area contributed by atoms with Crippen LogP contribution in [0.5, 0.6) is 0 Å².